The van der Waals surface area contributed by atoms with Crippen LogP contribution in [0.2, 0.25) is 0 Å². The number of carboxylic acid groups (broad SMARTS) is 3. The summed E-state index contributed by atoms with van der Waals surface area (Å²) in [6.07, 6.45) is 11.3. The lowest BCUT2D eigenvalue weighted by molar-refractivity contribution is -0.139. The van der Waals surface area contributed by atoms with Gasteiger partial charge in [-0.1, -0.05) is 50.5 Å². The summed E-state index contributed by atoms with van der Waals surface area (Å²) < 4.78 is 0. The predicted octanol–water partition coefficient (Wildman–Crippen LogP) is 1.87. The number of Topliss-reactive ketones (excluding diaryl/α,β-unsaturated/α-hetero) is 1. The molecule has 8 N–H and O–H groups in total. The Labute approximate surface area is 262 Å². The third kappa shape index (κ3) is 16.0. The molecule has 6 atom stereocenters. The van der Waals surface area contributed by atoms with Gasteiger partial charge < -0.3 is 36.8 Å². The van der Waals surface area contributed by atoms with Crippen LogP contribution >= 0.6 is 11.8 Å². The van der Waals surface area contributed by atoms with E-state index in [0.29, 0.717) is 25.7 Å². The molecule has 1 aliphatic rings. The van der Waals surface area contributed by atoms with Crippen LogP contribution in [0.15, 0.2) is 24.3 Å². The van der Waals surface area contributed by atoms with Gasteiger partial charge in [-0.15, -0.1) is 0 Å². The minimum Gasteiger partial charge on any atom is -0.481 e. The molecule has 1 saturated carbocycles. The first-order chi connectivity index (χ1) is 20.8. The van der Waals surface area contributed by atoms with Gasteiger partial charge in [0.1, 0.15) is 24.4 Å². The highest BCUT2D eigenvalue weighted by atomic mass is 32.2. The van der Waals surface area contributed by atoms with Crippen molar-refractivity contribution in [3.63, 3.8) is 0 Å². The van der Waals surface area contributed by atoms with Crippen molar-refractivity contribution in [2.45, 2.75) is 101 Å². The number of nitrogens with one attached hydrogen (secondary N) is 2. The van der Waals surface area contributed by atoms with Crippen molar-refractivity contribution in [3.05, 3.63) is 24.3 Å². The molecule has 0 aromatic heterocycles. The van der Waals surface area contributed by atoms with Gasteiger partial charge in [-0.25, -0.2) is 0 Å². The fraction of sp³-hybridized carbons (Fsp3) is 0.667. The van der Waals surface area contributed by atoms with Crippen LogP contribution in [0.5, 0.6) is 0 Å². The van der Waals surface area contributed by atoms with Crippen LogP contribution in [-0.2, 0) is 28.8 Å². The van der Waals surface area contributed by atoms with Gasteiger partial charge in [-0.2, -0.15) is 11.8 Å². The molecule has 0 bridgehead atoms. The molecular formula is C30H47N3O10S. The number of thioether (sulfide) groups is 1. The van der Waals surface area contributed by atoms with E-state index in [9.17, 15) is 33.9 Å². The second-order valence-corrected chi connectivity index (χ2v) is 12.2. The number of aliphatic hydroxyl groups is 1. The van der Waals surface area contributed by atoms with E-state index < -0.39 is 60.4 Å². The topological polar surface area (TPSA) is 233 Å². The highest BCUT2D eigenvalue weighted by molar-refractivity contribution is 8.00. The lowest BCUT2D eigenvalue weighted by atomic mass is 9.91. The second-order valence-electron chi connectivity index (χ2n) is 10.9. The number of rotatable bonds is 23. The summed E-state index contributed by atoms with van der Waals surface area (Å²) in [4.78, 5) is 71.1. The zero-order valence-corrected chi connectivity index (χ0v) is 26.0. The van der Waals surface area contributed by atoms with Crippen molar-refractivity contribution in [1.82, 2.24) is 10.6 Å². The number of nitrogens with two attached hydrogens (primary N) is 1. The molecule has 0 spiro atoms. The van der Waals surface area contributed by atoms with Gasteiger partial charge in [0.15, 0.2) is 0 Å². The van der Waals surface area contributed by atoms with E-state index in [1.54, 1.807) is 12.2 Å². The first kappa shape index (κ1) is 38.8. The second kappa shape index (κ2) is 21.5. The van der Waals surface area contributed by atoms with Crippen LogP contribution in [0.3, 0.4) is 0 Å². The molecule has 0 radical (unpaired) electrons. The van der Waals surface area contributed by atoms with Gasteiger partial charge in [-0.3, -0.25) is 28.8 Å². The van der Waals surface area contributed by atoms with E-state index >= 15 is 0 Å². The average molecular weight is 642 g/mol. The Morgan fingerprint density at radius 1 is 1.02 bits per heavy atom. The van der Waals surface area contributed by atoms with E-state index in [2.05, 4.69) is 17.6 Å². The van der Waals surface area contributed by atoms with E-state index in [1.807, 2.05) is 12.2 Å². The van der Waals surface area contributed by atoms with Gasteiger partial charge in [0, 0.05) is 36.2 Å². The maximum absolute atomic E-state index is 13.1. The fourth-order valence-corrected chi connectivity index (χ4v) is 6.23. The predicted molar refractivity (Wildman–Crippen MR) is 165 cm³/mol. The first-order valence-corrected chi connectivity index (χ1v) is 16.0. The van der Waals surface area contributed by atoms with Gasteiger partial charge in [-0.05, 0) is 38.0 Å². The molecule has 0 aromatic carbocycles. The van der Waals surface area contributed by atoms with Crippen molar-refractivity contribution in [1.29, 1.82) is 0 Å². The monoisotopic (exact) mass is 641 g/mol. The number of hydrogen-bond acceptors (Lipinski definition) is 9. The van der Waals surface area contributed by atoms with E-state index in [1.165, 1.54) is 11.8 Å². The van der Waals surface area contributed by atoms with E-state index in [0.717, 1.165) is 19.3 Å². The summed E-state index contributed by atoms with van der Waals surface area (Å²) >= 11 is 1.29. The van der Waals surface area contributed by atoms with Crippen LogP contribution in [0, 0.1) is 11.8 Å². The Morgan fingerprint density at radius 3 is 2.39 bits per heavy atom. The SMILES string of the molecule is CCCCC[C@H](O)/C=C/[C@H]1C(=O)CC(SC[C@@H](NC(=O)CC[C@@H](N)C(=O)O)C(=O)NCC(=O)O)[C@@H]1C/C=C\CCCC(=O)O. The number of unbranched alkanes of at least 4 members (excludes halogenated alkanes) is 3. The van der Waals surface area contributed by atoms with Crippen LogP contribution < -0.4 is 16.4 Å². The van der Waals surface area contributed by atoms with Crippen LogP contribution in [0.25, 0.3) is 0 Å². The fourth-order valence-electron chi connectivity index (χ4n) is 4.74. The zero-order chi connectivity index (χ0) is 33.1. The third-order valence-electron chi connectivity index (χ3n) is 7.24. The minimum atomic E-state index is -1.27. The Kier molecular flexibility index (Phi) is 18.9. The summed E-state index contributed by atoms with van der Waals surface area (Å²) in [6, 6.07) is -2.41. The number of aliphatic hydroxyl groups excluding tert-OH is 1. The minimum absolute atomic E-state index is 0.0228. The summed E-state index contributed by atoms with van der Waals surface area (Å²) in [5.41, 5.74) is 5.46. The Morgan fingerprint density at radius 2 is 1.75 bits per heavy atom. The molecule has 0 aromatic rings. The molecule has 0 aliphatic heterocycles. The number of amides is 2. The summed E-state index contributed by atoms with van der Waals surface area (Å²) in [6.45, 7) is 1.40. The van der Waals surface area contributed by atoms with Crippen molar-refractivity contribution in [3.8, 4) is 0 Å². The molecule has 13 nitrogen and oxygen atoms in total. The molecule has 1 unspecified atom stereocenters. The lowest BCUT2D eigenvalue weighted by Gasteiger charge is -2.24. The van der Waals surface area contributed by atoms with Crippen LogP contribution in [0.4, 0.5) is 0 Å². The number of carbonyl (C=O) groups is 6. The first-order valence-electron chi connectivity index (χ1n) is 15.0. The van der Waals surface area contributed by atoms with Crippen LogP contribution in [-0.4, -0.2) is 91.7 Å². The largest absolute Gasteiger partial charge is 0.481 e. The van der Waals surface area contributed by atoms with Gasteiger partial charge in [0.25, 0.3) is 0 Å². The number of carbonyl (C=O) groups excluding carboxylic acids is 3. The van der Waals surface area contributed by atoms with Gasteiger partial charge >= 0.3 is 17.9 Å². The molecule has 0 heterocycles. The lowest BCUT2D eigenvalue weighted by Crippen LogP contribution is -2.49. The third-order valence-corrected chi connectivity index (χ3v) is 8.71. The maximum atomic E-state index is 13.1. The summed E-state index contributed by atoms with van der Waals surface area (Å²) in [5, 5.41) is 41.6. The molecule has 248 valence electrons. The normalized spacial score (nSPS) is 20.4. The zero-order valence-electron chi connectivity index (χ0n) is 25.2. The van der Waals surface area contributed by atoms with E-state index in [4.69, 9.17) is 21.1 Å². The number of hydrogen-bond donors (Lipinski definition) is 7. The van der Waals surface area contributed by atoms with Gasteiger partial charge in [0.2, 0.25) is 11.8 Å². The smallest absolute Gasteiger partial charge is 0.322 e. The molecule has 44 heavy (non-hydrogen) atoms. The number of carboxylic acids is 3. The molecule has 0 saturated heterocycles. The molecular weight excluding hydrogens is 594 g/mol. The molecule has 1 aliphatic carbocycles. The molecule has 2 amide bonds. The Balaban J connectivity index is 3.03. The molecule has 1 fully saturated rings. The summed E-state index contributed by atoms with van der Waals surface area (Å²) in [7, 11) is 0. The van der Waals surface area contributed by atoms with Crippen LogP contribution in [0.1, 0.15) is 77.6 Å². The number of ketones is 1. The standard InChI is InChI=1S/C30H47N3O10S/c1-2-3-6-9-19(34)12-13-20-21(10-7-4-5-8-11-27(37)38)25(16-24(20)35)44-18-23(29(41)32-17-28(39)40)33-26(36)15-14-22(31)30(42)43/h4,7,12-13,19-23,25,34H,2-3,5-6,8-11,14-18,31H2,1H3,(H,32,41)(H,33,36)(H,37,38)(H,39,40)(H,42,43)/b7-4-,13-12+/t19-,20+,21+,22+,23+,25?/m0/s1. The average Bonchev–Trinajstić information content (AvgIpc) is 3.26. The highest BCUT2D eigenvalue weighted by Crippen LogP contribution is 2.41. The van der Waals surface area contributed by atoms with Crippen molar-refractivity contribution in [2.75, 3.05) is 12.3 Å². The van der Waals surface area contributed by atoms with Crippen molar-refractivity contribution >= 4 is 47.3 Å². The Bertz CT molecular complexity index is 1030. The van der Waals surface area contributed by atoms with Gasteiger partial charge in [0.05, 0.1) is 6.10 Å². The maximum Gasteiger partial charge on any atom is 0.322 e. The van der Waals surface area contributed by atoms with Crippen molar-refractivity contribution in [2.24, 2.45) is 17.6 Å². The Hall–Kier alpha value is -3.23. The van der Waals surface area contributed by atoms with Crippen molar-refractivity contribution < 1.29 is 49.2 Å². The summed E-state index contributed by atoms with van der Waals surface area (Å²) in [5.74, 6) is -5.46. The quantitative estimate of drug-likeness (QED) is 0.0626. The highest BCUT2D eigenvalue weighted by Gasteiger charge is 2.41. The number of allylic oxidation sites excluding steroid dienone is 3. The number of aliphatic carboxylic acids is 3. The molecule has 14 heteroatoms. The van der Waals surface area contributed by atoms with E-state index in [-0.39, 0.29) is 48.4 Å². The molecule has 1 rings (SSSR count).